The maximum Gasteiger partial charge on any atom is 0.297 e. The minimum Gasteiger partial charge on any atom is -0.347 e. The Morgan fingerprint density at radius 3 is 2.50 bits per heavy atom. The Kier molecular flexibility index (Phi) is 5.77. The van der Waals surface area contributed by atoms with Crippen LogP contribution in [-0.2, 0) is 30.2 Å². The van der Waals surface area contributed by atoms with Crippen LogP contribution in [0.4, 0.5) is 0 Å². The molecule has 0 N–H and O–H groups in total. The summed E-state index contributed by atoms with van der Waals surface area (Å²) in [5, 5.41) is 0. The highest BCUT2D eigenvalue weighted by atomic mass is 32.2. The van der Waals surface area contributed by atoms with Crippen LogP contribution in [0.5, 0.6) is 0 Å². The highest BCUT2D eigenvalue weighted by molar-refractivity contribution is 7.86. The zero-order valence-electron chi connectivity index (χ0n) is 15.1. The summed E-state index contributed by atoms with van der Waals surface area (Å²) in [6, 6.07) is 16.7. The number of benzene rings is 2. The minimum absolute atomic E-state index is 0.0584. The van der Waals surface area contributed by atoms with Crippen LogP contribution in [0.3, 0.4) is 0 Å². The molecule has 140 valence electrons. The van der Waals surface area contributed by atoms with Crippen LogP contribution in [0.2, 0.25) is 0 Å². The first-order chi connectivity index (χ1) is 12.4. The van der Waals surface area contributed by atoms with Crippen molar-refractivity contribution in [1.82, 2.24) is 0 Å². The summed E-state index contributed by atoms with van der Waals surface area (Å²) in [4.78, 5) is 0.147. The molecular weight excluding hydrogens is 352 g/mol. The van der Waals surface area contributed by atoms with Crippen LogP contribution in [0, 0.1) is 6.92 Å². The van der Waals surface area contributed by atoms with Gasteiger partial charge in [-0.1, -0.05) is 48.0 Å². The Hall–Kier alpha value is -1.73. The Labute approximate surface area is 155 Å². The Morgan fingerprint density at radius 2 is 1.81 bits per heavy atom. The predicted molar refractivity (Wildman–Crippen MR) is 98.3 cm³/mol. The van der Waals surface area contributed by atoms with Crippen molar-refractivity contribution in [2.75, 3.05) is 13.2 Å². The third-order valence-corrected chi connectivity index (χ3v) is 5.72. The Morgan fingerprint density at radius 1 is 1.12 bits per heavy atom. The van der Waals surface area contributed by atoms with Crippen molar-refractivity contribution < 1.29 is 22.1 Å². The molecule has 3 rings (SSSR count). The fourth-order valence-corrected chi connectivity index (χ4v) is 3.79. The van der Waals surface area contributed by atoms with Gasteiger partial charge in [0.2, 0.25) is 0 Å². The normalized spacial score (nSPS) is 23.2. The molecular formula is C20H24O5S. The predicted octanol–water partition coefficient (Wildman–Crippen LogP) is 3.46. The lowest BCUT2D eigenvalue weighted by Gasteiger charge is -2.23. The van der Waals surface area contributed by atoms with Gasteiger partial charge in [0.1, 0.15) is 6.10 Å². The summed E-state index contributed by atoms with van der Waals surface area (Å²) in [6.45, 7) is 4.04. The molecule has 1 aliphatic heterocycles. The van der Waals surface area contributed by atoms with Crippen molar-refractivity contribution >= 4 is 10.1 Å². The summed E-state index contributed by atoms with van der Waals surface area (Å²) in [6.07, 6.45) is 1.11. The molecule has 1 fully saturated rings. The van der Waals surface area contributed by atoms with Gasteiger partial charge in [0.25, 0.3) is 10.1 Å². The van der Waals surface area contributed by atoms with E-state index in [0.717, 1.165) is 12.0 Å². The molecule has 0 bridgehead atoms. The molecule has 0 saturated carbocycles. The van der Waals surface area contributed by atoms with Crippen molar-refractivity contribution in [2.45, 2.75) is 43.5 Å². The lowest BCUT2D eigenvalue weighted by atomic mass is 10.1. The van der Waals surface area contributed by atoms with Crippen LogP contribution in [0.1, 0.15) is 24.5 Å². The van der Waals surface area contributed by atoms with Gasteiger partial charge in [-0.2, -0.15) is 8.42 Å². The average Bonchev–Trinajstić information content (AvgIpc) is 3.02. The van der Waals surface area contributed by atoms with Crippen molar-refractivity contribution in [2.24, 2.45) is 0 Å². The van der Waals surface area contributed by atoms with Gasteiger partial charge in [-0.3, -0.25) is 4.18 Å². The summed E-state index contributed by atoms with van der Waals surface area (Å²) >= 11 is 0. The van der Waals surface area contributed by atoms with E-state index in [1.165, 1.54) is 5.56 Å². The highest BCUT2D eigenvalue weighted by Crippen LogP contribution is 2.29. The molecule has 2 aromatic rings. The molecule has 1 aliphatic rings. The van der Waals surface area contributed by atoms with Crippen molar-refractivity contribution in [3.63, 3.8) is 0 Å². The first-order valence-electron chi connectivity index (χ1n) is 8.68. The molecule has 1 heterocycles. The second kappa shape index (κ2) is 7.88. The second-order valence-electron chi connectivity index (χ2n) is 6.72. The first-order valence-corrected chi connectivity index (χ1v) is 10.1. The fourth-order valence-electron chi connectivity index (χ4n) is 2.86. The lowest BCUT2D eigenvalue weighted by Crippen LogP contribution is -2.29. The monoisotopic (exact) mass is 376 g/mol. The van der Waals surface area contributed by atoms with Crippen LogP contribution >= 0.6 is 0 Å². The van der Waals surface area contributed by atoms with E-state index in [1.807, 2.05) is 32.0 Å². The van der Waals surface area contributed by atoms with E-state index < -0.39 is 22.0 Å². The maximum absolute atomic E-state index is 12.3. The van der Waals surface area contributed by atoms with Crippen molar-refractivity contribution in [1.29, 1.82) is 0 Å². The Balaban J connectivity index is 1.51. The second-order valence-corrected chi connectivity index (χ2v) is 8.34. The molecule has 2 aromatic carbocycles. The van der Waals surface area contributed by atoms with Gasteiger partial charge in [0.15, 0.2) is 5.79 Å². The molecule has 1 saturated heterocycles. The molecule has 2 atom stereocenters. The molecule has 0 aliphatic carbocycles. The van der Waals surface area contributed by atoms with Gasteiger partial charge in [0, 0.05) is 6.42 Å². The van der Waals surface area contributed by atoms with Crippen molar-refractivity contribution in [3.05, 3.63) is 65.7 Å². The zero-order chi connectivity index (χ0) is 18.6. The smallest absolute Gasteiger partial charge is 0.297 e. The third kappa shape index (κ3) is 4.92. The van der Waals surface area contributed by atoms with Crippen molar-refractivity contribution in [3.8, 4) is 0 Å². The third-order valence-electron chi connectivity index (χ3n) is 4.42. The minimum atomic E-state index is -3.79. The van der Waals surface area contributed by atoms with E-state index in [2.05, 4.69) is 12.1 Å². The molecule has 5 nitrogen and oxygen atoms in total. The van der Waals surface area contributed by atoms with Crippen LogP contribution in [0.25, 0.3) is 0 Å². The van der Waals surface area contributed by atoms with Crippen LogP contribution < -0.4 is 0 Å². The lowest BCUT2D eigenvalue weighted by molar-refractivity contribution is -0.160. The van der Waals surface area contributed by atoms with E-state index in [4.69, 9.17) is 13.7 Å². The highest BCUT2D eigenvalue weighted by Gasteiger charge is 2.37. The van der Waals surface area contributed by atoms with E-state index in [9.17, 15) is 8.42 Å². The molecule has 0 radical (unpaired) electrons. The molecule has 0 spiro atoms. The van der Waals surface area contributed by atoms with E-state index in [0.29, 0.717) is 13.0 Å². The van der Waals surface area contributed by atoms with Gasteiger partial charge >= 0.3 is 0 Å². The molecule has 0 aromatic heterocycles. The van der Waals surface area contributed by atoms with E-state index >= 15 is 0 Å². The fraction of sp³-hybridized carbons (Fsp3) is 0.400. The molecule has 2 unspecified atom stereocenters. The largest absolute Gasteiger partial charge is 0.347 e. The van der Waals surface area contributed by atoms with Gasteiger partial charge in [-0.05, 0) is 38.0 Å². The van der Waals surface area contributed by atoms with E-state index in [1.54, 1.807) is 24.3 Å². The number of aryl methyl sites for hydroxylation is 2. The first kappa shape index (κ1) is 19.0. The number of ether oxygens (including phenoxy) is 2. The van der Waals surface area contributed by atoms with Gasteiger partial charge in [-0.25, -0.2) is 0 Å². The van der Waals surface area contributed by atoms with Gasteiger partial charge in [0.05, 0.1) is 18.1 Å². The van der Waals surface area contributed by atoms with Crippen LogP contribution in [-0.4, -0.2) is 33.5 Å². The average molecular weight is 376 g/mol. The molecule has 6 heteroatoms. The summed E-state index contributed by atoms with van der Waals surface area (Å²) < 4.78 is 41.3. The molecule has 26 heavy (non-hydrogen) atoms. The van der Waals surface area contributed by atoms with Gasteiger partial charge < -0.3 is 9.47 Å². The van der Waals surface area contributed by atoms with Gasteiger partial charge in [-0.15, -0.1) is 0 Å². The summed E-state index contributed by atoms with van der Waals surface area (Å²) in [7, 11) is -3.79. The molecule has 0 amide bonds. The SMILES string of the molecule is Cc1ccc(S(=O)(=O)OCC2COC(C)(CCc3ccccc3)O2)cc1. The van der Waals surface area contributed by atoms with E-state index in [-0.39, 0.29) is 11.5 Å². The maximum atomic E-state index is 12.3. The topological polar surface area (TPSA) is 61.8 Å². The quantitative estimate of drug-likeness (QED) is 0.693. The summed E-state index contributed by atoms with van der Waals surface area (Å²) in [5.41, 5.74) is 2.20. The number of hydrogen-bond donors (Lipinski definition) is 0. The Bertz CT molecular complexity index is 817. The van der Waals surface area contributed by atoms with Crippen LogP contribution in [0.15, 0.2) is 59.5 Å². The number of rotatable bonds is 7. The zero-order valence-corrected chi connectivity index (χ0v) is 15.9. The summed E-state index contributed by atoms with van der Waals surface area (Å²) in [5.74, 6) is -0.725. The standard InChI is InChI=1S/C20H24O5S/c1-16-8-10-19(11-9-16)26(21,22)24-15-18-14-23-20(2,25-18)13-12-17-6-4-3-5-7-17/h3-11,18H,12-15H2,1-2H3. The number of hydrogen-bond acceptors (Lipinski definition) is 5.